The third kappa shape index (κ3) is 14.7. The first kappa shape index (κ1) is 20.1. The number of thiol groups is 1. The van der Waals surface area contributed by atoms with Crippen molar-refractivity contribution in [3.8, 4) is 0 Å². The van der Waals surface area contributed by atoms with Crippen molar-refractivity contribution in [2.24, 2.45) is 5.92 Å². The Morgan fingerprint density at radius 2 is 1.95 bits per heavy atom. The van der Waals surface area contributed by atoms with Crippen LogP contribution in [0.1, 0.15) is 39.5 Å². The standard InChI is InChI=1S/C11H20O2.C3H4O2S/c1-4-7-8-10(5-2)9-13-11(12)6-3;1-2(6)3(4)5/h6,10H,3-5,7-9H2,1-2H3;6H,1H2,(H,4,5). The maximum atomic E-state index is 10.8. The third-order valence-electron chi connectivity index (χ3n) is 2.42. The van der Waals surface area contributed by atoms with Crippen LogP contribution < -0.4 is 0 Å². The molecule has 0 rings (SSSR count). The van der Waals surface area contributed by atoms with E-state index in [-0.39, 0.29) is 10.9 Å². The van der Waals surface area contributed by atoms with Crippen molar-refractivity contribution in [3.63, 3.8) is 0 Å². The minimum atomic E-state index is -1.07. The van der Waals surface area contributed by atoms with Crippen LogP contribution in [0.2, 0.25) is 0 Å². The van der Waals surface area contributed by atoms with Gasteiger partial charge in [0, 0.05) is 6.08 Å². The number of unbranched alkanes of at least 4 members (excludes halogenated alkanes) is 1. The van der Waals surface area contributed by atoms with E-state index in [4.69, 9.17) is 9.84 Å². The summed E-state index contributed by atoms with van der Waals surface area (Å²) in [6, 6.07) is 0. The van der Waals surface area contributed by atoms with E-state index >= 15 is 0 Å². The highest BCUT2D eigenvalue weighted by Gasteiger charge is 2.07. The zero-order chi connectivity index (χ0) is 15.3. The molecule has 110 valence electrons. The van der Waals surface area contributed by atoms with E-state index in [9.17, 15) is 9.59 Å². The van der Waals surface area contributed by atoms with Crippen molar-refractivity contribution < 1.29 is 19.4 Å². The van der Waals surface area contributed by atoms with E-state index in [1.165, 1.54) is 18.9 Å². The van der Waals surface area contributed by atoms with Crippen LogP contribution in [0.3, 0.4) is 0 Å². The molecule has 0 aliphatic heterocycles. The van der Waals surface area contributed by atoms with E-state index in [1.807, 2.05) is 0 Å². The lowest BCUT2D eigenvalue weighted by atomic mass is 10.0. The molecule has 1 atom stereocenters. The summed E-state index contributed by atoms with van der Waals surface area (Å²) in [5.74, 6) is -0.864. The monoisotopic (exact) mass is 288 g/mol. The molecule has 0 fully saturated rings. The lowest BCUT2D eigenvalue weighted by molar-refractivity contribution is -0.139. The van der Waals surface area contributed by atoms with Crippen LogP contribution in [0.15, 0.2) is 24.1 Å². The zero-order valence-electron chi connectivity index (χ0n) is 11.7. The average Bonchev–Trinajstić information content (AvgIpc) is 2.39. The first-order valence-electron chi connectivity index (χ1n) is 6.29. The molecule has 0 amide bonds. The van der Waals surface area contributed by atoms with E-state index in [0.29, 0.717) is 12.5 Å². The largest absolute Gasteiger partial charge is 0.477 e. The van der Waals surface area contributed by atoms with Gasteiger partial charge in [-0.2, -0.15) is 0 Å². The van der Waals surface area contributed by atoms with Crippen molar-refractivity contribution >= 4 is 24.6 Å². The van der Waals surface area contributed by atoms with Gasteiger partial charge in [0.05, 0.1) is 11.5 Å². The zero-order valence-corrected chi connectivity index (χ0v) is 12.6. The predicted molar refractivity (Wildman–Crippen MR) is 80.2 cm³/mol. The molecule has 1 unspecified atom stereocenters. The van der Waals surface area contributed by atoms with Gasteiger partial charge in [0.25, 0.3) is 0 Å². The Hall–Kier alpha value is -1.23. The highest BCUT2D eigenvalue weighted by molar-refractivity contribution is 7.85. The van der Waals surface area contributed by atoms with Gasteiger partial charge >= 0.3 is 11.9 Å². The molecule has 0 aromatic carbocycles. The minimum Gasteiger partial charge on any atom is -0.477 e. The molecule has 0 saturated heterocycles. The number of esters is 1. The first-order chi connectivity index (χ1) is 8.88. The van der Waals surface area contributed by atoms with Crippen LogP contribution in [-0.4, -0.2) is 23.7 Å². The topological polar surface area (TPSA) is 63.6 Å². The number of carboxylic acid groups (broad SMARTS) is 1. The van der Waals surface area contributed by atoms with E-state index in [1.54, 1.807) is 0 Å². The molecule has 0 aromatic rings. The summed E-state index contributed by atoms with van der Waals surface area (Å²) >= 11 is 3.40. The third-order valence-corrected chi connectivity index (χ3v) is 2.61. The second-order valence-electron chi connectivity index (χ2n) is 4.00. The van der Waals surface area contributed by atoms with Gasteiger partial charge in [0.2, 0.25) is 0 Å². The summed E-state index contributed by atoms with van der Waals surface area (Å²) in [5.41, 5.74) is 0. The van der Waals surface area contributed by atoms with Crippen molar-refractivity contribution in [1.29, 1.82) is 0 Å². The predicted octanol–water partition coefficient (Wildman–Crippen LogP) is 3.45. The summed E-state index contributed by atoms with van der Waals surface area (Å²) in [5, 5.41) is 7.81. The maximum Gasteiger partial charge on any atom is 0.341 e. The van der Waals surface area contributed by atoms with Crippen LogP contribution in [0, 0.1) is 5.92 Å². The van der Waals surface area contributed by atoms with Crippen molar-refractivity contribution in [3.05, 3.63) is 24.1 Å². The number of carbonyl (C=O) groups is 2. The van der Waals surface area contributed by atoms with E-state index < -0.39 is 5.97 Å². The lowest BCUT2D eigenvalue weighted by Crippen LogP contribution is -2.12. The van der Waals surface area contributed by atoms with Gasteiger partial charge in [-0.05, 0) is 12.3 Å². The van der Waals surface area contributed by atoms with E-state index in [2.05, 4.69) is 39.6 Å². The Balaban J connectivity index is 0. The minimum absolute atomic E-state index is 0.130. The SMILES string of the molecule is C=C(S)C(=O)O.C=CC(=O)OCC(CC)CCCC. The summed E-state index contributed by atoms with van der Waals surface area (Å²) in [6.45, 7) is 11.2. The molecule has 0 aliphatic rings. The van der Waals surface area contributed by atoms with Gasteiger partial charge in [-0.3, -0.25) is 0 Å². The van der Waals surface area contributed by atoms with Crippen LogP contribution in [-0.2, 0) is 14.3 Å². The molecule has 0 radical (unpaired) electrons. The fraction of sp³-hybridized carbons (Fsp3) is 0.571. The molecule has 0 saturated carbocycles. The molecule has 1 N–H and O–H groups in total. The smallest absolute Gasteiger partial charge is 0.341 e. The molecule has 0 aromatic heterocycles. The fourth-order valence-corrected chi connectivity index (χ4v) is 1.16. The number of aliphatic carboxylic acids is 1. The second kappa shape index (κ2) is 13.2. The van der Waals surface area contributed by atoms with Crippen LogP contribution in [0.4, 0.5) is 0 Å². The summed E-state index contributed by atoms with van der Waals surface area (Å²) in [4.78, 5) is 20.2. The van der Waals surface area contributed by atoms with Gasteiger partial charge in [-0.15, -0.1) is 12.6 Å². The van der Waals surface area contributed by atoms with Gasteiger partial charge in [-0.1, -0.05) is 46.3 Å². The van der Waals surface area contributed by atoms with E-state index in [0.717, 1.165) is 12.8 Å². The van der Waals surface area contributed by atoms with Gasteiger partial charge in [0.1, 0.15) is 0 Å². The molecule has 0 bridgehead atoms. The molecule has 0 spiro atoms. The quantitative estimate of drug-likeness (QED) is 0.408. The number of carboxylic acids is 1. The fourth-order valence-electron chi connectivity index (χ4n) is 1.16. The summed E-state index contributed by atoms with van der Waals surface area (Å²) in [7, 11) is 0. The lowest BCUT2D eigenvalue weighted by Gasteiger charge is -2.13. The molecule has 19 heavy (non-hydrogen) atoms. The van der Waals surface area contributed by atoms with Gasteiger partial charge in [-0.25, -0.2) is 9.59 Å². The number of hydrogen-bond donors (Lipinski definition) is 2. The Kier molecular flexibility index (Phi) is 14.0. The number of ether oxygens (including phenoxy) is 1. The normalized spacial score (nSPS) is 10.7. The maximum absolute atomic E-state index is 10.8. The Morgan fingerprint density at radius 1 is 1.42 bits per heavy atom. The van der Waals surface area contributed by atoms with Crippen LogP contribution >= 0.6 is 12.6 Å². The first-order valence-corrected chi connectivity index (χ1v) is 6.73. The Bertz CT molecular complexity index is 288. The number of hydrogen-bond acceptors (Lipinski definition) is 4. The highest BCUT2D eigenvalue weighted by Crippen LogP contribution is 2.12. The second-order valence-corrected chi connectivity index (χ2v) is 4.54. The molecular formula is C14H24O4S. The van der Waals surface area contributed by atoms with Gasteiger partial charge in [0.15, 0.2) is 0 Å². The molecule has 5 heteroatoms. The van der Waals surface area contributed by atoms with Crippen molar-refractivity contribution in [2.45, 2.75) is 39.5 Å². The number of rotatable bonds is 8. The highest BCUT2D eigenvalue weighted by atomic mass is 32.1. The number of carbonyl (C=O) groups excluding carboxylic acids is 1. The average molecular weight is 288 g/mol. The van der Waals surface area contributed by atoms with Crippen LogP contribution in [0.5, 0.6) is 0 Å². The summed E-state index contributed by atoms with van der Waals surface area (Å²) in [6.07, 6.45) is 5.85. The van der Waals surface area contributed by atoms with Crippen molar-refractivity contribution in [1.82, 2.24) is 0 Å². The van der Waals surface area contributed by atoms with Crippen molar-refractivity contribution in [2.75, 3.05) is 6.61 Å². The molecule has 0 aliphatic carbocycles. The Labute approximate surface area is 120 Å². The Morgan fingerprint density at radius 3 is 2.26 bits per heavy atom. The molecular weight excluding hydrogens is 264 g/mol. The summed E-state index contributed by atoms with van der Waals surface area (Å²) < 4.78 is 4.98. The van der Waals surface area contributed by atoms with Crippen LogP contribution in [0.25, 0.3) is 0 Å². The molecule has 4 nitrogen and oxygen atoms in total. The van der Waals surface area contributed by atoms with Gasteiger partial charge < -0.3 is 9.84 Å². The molecule has 0 heterocycles.